The number of nitrogens with zero attached hydrogens (tertiary/aromatic N) is 2. The highest BCUT2D eigenvalue weighted by atomic mass is 16.5. The molecule has 3 fully saturated rings. The van der Waals surface area contributed by atoms with Crippen LogP contribution in [0, 0.1) is 11.8 Å². The molecule has 0 aromatic carbocycles. The van der Waals surface area contributed by atoms with Gasteiger partial charge in [0, 0.05) is 12.4 Å². The minimum Gasteiger partial charge on any atom is -0.373 e. The maximum atomic E-state index is 12.4. The maximum Gasteiger partial charge on any atom is 0.236 e. The van der Waals surface area contributed by atoms with Crippen molar-refractivity contribution in [3.05, 3.63) is 30.1 Å². The fraction of sp³-hybridized carbons (Fsp3) is 0.500. The van der Waals surface area contributed by atoms with E-state index in [1.165, 1.54) is 4.90 Å². The smallest absolute Gasteiger partial charge is 0.236 e. The highest BCUT2D eigenvalue weighted by molar-refractivity contribution is 6.06. The lowest BCUT2D eigenvalue weighted by atomic mass is 9.81. The molecule has 4 atom stereocenters. The third-order valence-electron chi connectivity index (χ3n) is 4.47. The van der Waals surface area contributed by atoms with Crippen LogP contribution in [0.5, 0.6) is 0 Å². The molecule has 5 nitrogen and oxygen atoms in total. The molecule has 1 aromatic rings. The summed E-state index contributed by atoms with van der Waals surface area (Å²) in [5, 5.41) is 0. The van der Waals surface area contributed by atoms with Gasteiger partial charge in [0.15, 0.2) is 0 Å². The van der Waals surface area contributed by atoms with E-state index in [-0.39, 0.29) is 35.9 Å². The highest BCUT2D eigenvalue weighted by Gasteiger charge is 2.62. The summed E-state index contributed by atoms with van der Waals surface area (Å²) in [7, 11) is 0. The summed E-state index contributed by atoms with van der Waals surface area (Å²) in [6, 6.07) is 3.67. The number of fused-ring (bicyclic) bond motifs is 5. The van der Waals surface area contributed by atoms with Gasteiger partial charge in [0.05, 0.1) is 30.6 Å². The zero-order chi connectivity index (χ0) is 13.0. The minimum absolute atomic E-state index is 0.0334. The monoisotopic (exact) mass is 258 g/mol. The van der Waals surface area contributed by atoms with Crippen molar-refractivity contribution in [2.45, 2.75) is 31.6 Å². The zero-order valence-corrected chi connectivity index (χ0v) is 10.4. The number of hydrogen-bond acceptors (Lipinski definition) is 4. The van der Waals surface area contributed by atoms with E-state index in [4.69, 9.17) is 4.74 Å². The molecule has 0 radical (unpaired) electrons. The number of hydrogen-bond donors (Lipinski definition) is 0. The van der Waals surface area contributed by atoms with Crippen molar-refractivity contribution in [3.63, 3.8) is 0 Å². The van der Waals surface area contributed by atoms with E-state index in [0.29, 0.717) is 6.54 Å². The van der Waals surface area contributed by atoms with E-state index in [1.54, 1.807) is 12.4 Å². The Hall–Kier alpha value is -1.75. The molecule has 98 valence electrons. The highest BCUT2D eigenvalue weighted by Crippen LogP contribution is 2.48. The summed E-state index contributed by atoms with van der Waals surface area (Å²) in [5.74, 6) is -0.570. The van der Waals surface area contributed by atoms with Crippen LogP contribution in [0.15, 0.2) is 24.5 Å². The van der Waals surface area contributed by atoms with Crippen LogP contribution in [-0.4, -0.2) is 33.9 Å². The molecule has 5 heteroatoms. The van der Waals surface area contributed by atoms with Gasteiger partial charge in [0.2, 0.25) is 11.8 Å². The van der Waals surface area contributed by atoms with Crippen molar-refractivity contribution in [1.82, 2.24) is 9.88 Å². The number of amides is 2. The molecule has 0 spiro atoms. The standard InChI is InChI=1S/C14H14N2O3/c17-13-11-9-1-2-10(19-9)12(11)14(18)16(13)7-8-3-5-15-6-4-8/h3-6,9-12H,1-2,7H2/t9-,10+,11+,12-. The van der Waals surface area contributed by atoms with Gasteiger partial charge in [-0.25, -0.2) is 0 Å². The zero-order valence-electron chi connectivity index (χ0n) is 10.4. The Morgan fingerprint density at radius 1 is 1.11 bits per heavy atom. The number of rotatable bonds is 2. The second-order valence-electron chi connectivity index (χ2n) is 5.46. The lowest BCUT2D eigenvalue weighted by Crippen LogP contribution is -2.33. The van der Waals surface area contributed by atoms with Crippen LogP contribution >= 0.6 is 0 Å². The fourth-order valence-corrected chi connectivity index (χ4v) is 3.60. The largest absolute Gasteiger partial charge is 0.373 e. The van der Waals surface area contributed by atoms with Crippen molar-refractivity contribution in [1.29, 1.82) is 0 Å². The molecule has 0 saturated carbocycles. The topological polar surface area (TPSA) is 59.5 Å². The second kappa shape index (κ2) is 3.87. The number of ether oxygens (including phenoxy) is 1. The summed E-state index contributed by atoms with van der Waals surface area (Å²) < 4.78 is 5.70. The molecule has 0 aliphatic carbocycles. The van der Waals surface area contributed by atoms with Gasteiger partial charge < -0.3 is 4.74 Å². The van der Waals surface area contributed by atoms with E-state index >= 15 is 0 Å². The average molecular weight is 258 g/mol. The SMILES string of the molecule is O=C1[C@@H]2[C@H](C(=O)N1Cc1ccncc1)[C@@H]1CC[C@H]2O1. The van der Waals surface area contributed by atoms with Crippen LogP contribution in [0.25, 0.3) is 0 Å². The first kappa shape index (κ1) is 11.1. The summed E-state index contributed by atoms with van der Waals surface area (Å²) >= 11 is 0. The third kappa shape index (κ3) is 1.48. The Labute approximate surface area is 110 Å². The van der Waals surface area contributed by atoms with Gasteiger partial charge in [-0.05, 0) is 30.5 Å². The van der Waals surface area contributed by atoms with Crippen LogP contribution < -0.4 is 0 Å². The van der Waals surface area contributed by atoms with Gasteiger partial charge >= 0.3 is 0 Å². The van der Waals surface area contributed by atoms with E-state index in [1.807, 2.05) is 12.1 Å². The molecule has 3 aliphatic heterocycles. The van der Waals surface area contributed by atoms with Crippen molar-refractivity contribution < 1.29 is 14.3 Å². The first-order valence-electron chi connectivity index (χ1n) is 6.65. The van der Waals surface area contributed by atoms with Gasteiger partial charge in [-0.2, -0.15) is 0 Å². The third-order valence-corrected chi connectivity index (χ3v) is 4.47. The summed E-state index contributed by atoms with van der Waals surface area (Å²) in [5.41, 5.74) is 0.935. The van der Waals surface area contributed by atoms with Crippen molar-refractivity contribution >= 4 is 11.8 Å². The average Bonchev–Trinajstić information content (AvgIpc) is 3.10. The predicted molar refractivity (Wildman–Crippen MR) is 64.7 cm³/mol. The van der Waals surface area contributed by atoms with E-state index in [2.05, 4.69) is 4.98 Å². The lowest BCUT2D eigenvalue weighted by molar-refractivity contribution is -0.143. The Morgan fingerprint density at radius 2 is 1.68 bits per heavy atom. The van der Waals surface area contributed by atoms with Crippen molar-refractivity contribution in [2.75, 3.05) is 0 Å². The number of likely N-dealkylation sites (tertiary alicyclic amines) is 1. The van der Waals surface area contributed by atoms with Gasteiger partial charge in [0.1, 0.15) is 0 Å². The summed E-state index contributed by atoms with van der Waals surface area (Å²) in [6.45, 7) is 0.354. The number of imide groups is 1. The van der Waals surface area contributed by atoms with Gasteiger partial charge in [-0.3, -0.25) is 19.5 Å². The van der Waals surface area contributed by atoms with Crippen LogP contribution in [0.2, 0.25) is 0 Å². The van der Waals surface area contributed by atoms with Crippen LogP contribution in [0.3, 0.4) is 0 Å². The van der Waals surface area contributed by atoms with Crippen molar-refractivity contribution in [2.24, 2.45) is 11.8 Å². The molecule has 2 bridgehead atoms. The van der Waals surface area contributed by atoms with E-state index < -0.39 is 0 Å². The minimum atomic E-state index is -0.229. The molecule has 1 aromatic heterocycles. The van der Waals surface area contributed by atoms with Gasteiger partial charge in [-0.1, -0.05) is 0 Å². The molecular formula is C14H14N2O3. The molecule has 3 saturated heterocycles. The van der Waals surface area contributed by atoms with E-state index in [0.717, 1.165) is 18.4 Å². The molecule has 3 aliphatic rings. The molecule has 19 heavy (non-hydrogen) atoms. The lowest BCUT2D eigenvalue weighted by Gasteiger charge is -2.17. The Bertz CT molecular complexity index is 517. The van der Waals surface area contributed by atoms with Crippen LogP contribution in [0.4, 0.5) is 0 Å². The molecule has 0 N–H and O–H groups in total. The predicted octanol–water partition coefficient (Wildman–Crippen LogP) is 0.744. The summed E-state index contributed by atoms with van der Waals surface area (Å²) in [4.78, 5) is 30.1. The summed E-state index contributed by atoms with van der Waals surface area (Å²) in [6.07, 6.45) is 5.10. The maximum absolute atomic E-state index is 12.4. The Balaban J connectivity index is 1.61. The normalized spacial score (nSPS) is 36.1. The van der Waals surface area contributed by atoms with E-state index in [9.17, 15) is 9.59 Å². The first-order valence-corrected chi connectivity index (χ1v) is 6.65. The van der Waals surface area contributed by atoms with Crippen LogP contribution in [0.1, 0.15) is 18.4 Å². The van der Waals surface area contributed by atoms with Gasteiger partial charge in [-0.15, -0.1) is 0 Å². The molecule has 4 heterocycles. The van der Waals surface area contributed by atoms with Crippen molar-refractivity contribution in [3.8, 4) is 0 Å². The van der Waals surface area contributed by atoms with Gasteiger partial charge in [0.25, 0.3) is 0 Å². The number of carbonyl (C=O) groups excluding carboxylic acids is 2. The number of aromatic nitrogens is 1. The number of carbonyl (C=O) groups is 2. The quantitative estimate of drug-likeness (QED) is 0.734. The second-order valence-corrected chi connectivity index (χ2v) is 5.46. The van der Waals surface area contributed by atoms with Crippen LogP contribution in [-0.2, 0) is 20.9 Å². The Kier molecular flexibility index (Phi) is 2.26. The molecular weight excluding hydrogens is 244 g/mol. The first-order chi connectivity index (χ1) is 9.25. The Morgan fingerprint density at radius 3 is 2.26 bits per heavy atom. The molecule has 2 amide bonds. The fourth-order valence-electron chi connectivity index (χ4n) is 3.60. The molecule has 4 rings (SSSR count). The molecule has 0 unspecified atom stereocenters. The number of pyridine rings is 1.